The molecule has 2 N–H and O–H groups in total. The first-order valence-electron chi connectivity index (χ1n) is 9.87. The topological polar surface area (TPSA) is 95.6 Å². The highest BCUT2D eigenvalue weighted by molar-refractivity contribution is 7.92. The lowest BCUT2D eigenvalue weighted by atomic mass is 10.1. The van der Waals surface area contributed by atoms with Gasteiger partial charge in [0, 0.05) is 6.54 Å². The molecule has 7 nitrogen and oxygen atoms in total. The number of sulfonamides is 1. The summed E-state index contributed by atoms with van der Waals surface area (Å²) in [5.41, 5.74) is 1.07. The molecule has 0 spiro atoms. The Labute approximate surface area is 178 Å². The first-order chi connectivity index (χ1) is 14.1. The van der Waals surface area contributed by atoms with Crippen molar-refractivity contribution in [1.82, 2.24) is 5.32 Å². The van der Waals surface area contributed by atoms with Gasteiger partial charge < -0.3 is 10.6 Å². The van der Waals surface area contributed by atoms with Crippen LogP contribution < -0.4 is 14.9 Å². The second kappa shape index (κ2) is 10.2. The fourth-order valence-electron chi connectivity index (χ4n) is 3.03. The number of carbonyl (C=O) groups excluding carboxylic acids is 2. The van der Waals surface area contributed by atoms with Crippen molar-refractivity contribution in [3.8, 4) is 0 Å². The number of amides is 2. The number of benzene rings is 2. The Hall–Kier alpha value is -2.87. The summed E-state index contributed by atoms with van der Waals surface area (Å²) >= 11 is 0. The van der Waals surface area contributed by atoms with Gasteiger partial charge in [-0.05, 0) is 36.6 Å². The second-order valence-electron chi connectivity index (χ2n) is 7.46. The number of anilines is 2. The van der Waals surface area contributed by atoms with Gasteiger partial charge in [0.2, 0.25) is 15.9 Å². The summed E-state index contributed by atoms with van der Waals surface area (Å²) in [6, 6.07) is 14.2. The van der Waals surface area contributed by atoms with Crippen LogP contribution in [0.5, 0.6) is 0 Å². The maximum absolute atomic E-state index is 13.1. The lowest BCUT2D eigenvalue weighted by molar-refractivity contribution is -0.117. The van der Waals surface area contributed by atoms with Crippen molar-refractivity contribution in [1.29, 1.82) is 0 Å². The smallest absolute Gasteiger partial charge is 0.253 e. The molecule has 0 bridgehead atoms. The Morgan fingerprint density at radius 2 is 1.60 bits per heavy atom. The van der Waals surface area contributed by atoms with Gasteiger partial charge >= 0.3 is 0 Å². The van der Waals surface area contributed by atoms with Crippen molar-refractivity contribution in [2.24, 2.45) is 5.92 Å². The van der Waals surface area contributed by atoms with Crippen LogP contribution in [0.1, 0.15) is 37.6 Å². The van der Waals surface area contributed by atoms with Crippen LogP contribution in [0.3, 0.4) is 0 Å². The number of hydrogen-bond donors (Lipinski definition) is 2. The fourth-order valence-corrected chi connectivity index (χ4v) is 4.25. The highest BCUT2D eigenvalue weighted by Crippen LogP contribution is 2.24. The molecular weight excluding hydrogens is 402 g/mol. The first-order valence-corrected chi connectivity index (χ1v) is 11.7. The van der Waals surface area contributed by atoms with E-state index in [1.54, 1.807) is 61.5 Å². The van der Waals surface area contributed by atoms with Crippen molar-refractivity contribution in [2.75, 3.05) is 22.4 Å². The van der Waals surface area contributed by atoms with E-state index >= 15 is 0 Å². The van der Waals surface area contributed by atoms with Gasteiger partial charge in [0.25, 0.3) is 5.91 Å². The van der Waals surface area contributed by atoms with Crippen molar-refractivity contribution in [3.63, 3.8) is 0 Å². The average molecular weight is 432 g/mol. The van der Waals surface area contributed by atoms with Crippen molar-refractivity contribution in [3.05, 3.63) is 60.2 Å². The van der Waals surface area contributed by atoms with Gasteiger partial charge in [0.15, 0.2) is 0 Å². The molecule has 0 fully saturated rings. The van der Waals surface area contributed by atoms with Gasteiger partial charge in [-0.15, -0.1) is 0 Å². The summed E-state index contributed by atoms with van der Waals surface area (Å²) in [7, 11) is -3.72. The molecule has 8 heteroatoms. The van der Waals surface area contributed by atoms with Crippen LogP contribution in [-0.2, 0) is 14.8 Å². The summed E-state index contributed by atoms with van der Waals surface area (Å²) in [6.45, 7) is 6.23. The monoisotopic (exact) mass is 431 g/mol. The number of rotatable bonds is 9. The summed E-state index contributed by atoms with van der Waals surface area (Å²) < 4.78 is 26.1. The van der Waals surface area contributed by atoms with E-state index in [-0.39, 0.29) is 18.2 Å². The molecular formula is C22H29N3O4S. The minimum Gasteiger partial charge on any atom is -0.352 e. The van der Waals surface area contributed by atoms with Crippen LogP contribution in [0, 0.1) is 5.92 Å². The van der Waals surface area contributed by atoms with E-state index < -0.39 is 22.0 Å². The molecule has 162 valence electrons. The van der Waals surface area contributed by atoms with E-state index in [9.17, 15) is 18.0 Å². The molecule has 30 heavy (non-hydrogen) atoms. The van der Waals surface area contributed by atoms with E-state index in [0.717, 1.165) is 10.6 Å². The molecule has 0 aliphatic heterocycles. The summed E-state index contributed by atoms with van der Waals surface area (Å²) in [5, 5.41) is 5.58. The second-order valence-corrected chi connectivity index (χ2v) is 9.32. The average Bonchev–Trinajstić information content (AvgIpc) is 2.70. The predicted octanol–water partition coefficient (Wildman–Crippen LogP) is 3.26. The van der Waals surface area contributed by atoms with E-state index in [1.165, 1.54) is 0 Å². The van der Waals surface area contributed by atoms with Gasteiger partial charge in [-0.3, -0.25) is 13.9 Å². The third-order valence-electron chi connectivity index (χ3n) is 4.44. The van der Waals surface area contributed by atoms with E-state index in [1.807, 2.05) is 13.8 Å². The maximum atomic E-state index is 13.1. The number of nitrogens with one attached hydrogen (secondary N) is 2. The van der Waals surface area contributed by atoms with Crippen LogP contribution in [0.15, 0.2) is 54.6 Å². The van der Waals surface area contributed by atoms with Crippen LogP contribution in [0.2, 0.25) is 0 Å². The van der Waals surface area contributed by atoms with Crippen molar-refractivity contribution in [2.45, 2.75) is 33.2 Å². The van der Waals surface area contributed by atoms with Crippen LogP contribution >= 0.6 is 0 Å². The summed E-state index contributed by atoms with van der Waals surface area (Å²) in [6.07, 6.45) is 1.33. The molecule has 0 unspecified atom stereocenters. The van der Waals surface area contributed by atoms with Gasteiger partial charge in [-0.1, -0.05) is 51.1 Å². The Morgan fingerprint density at radius 1 is 1.00 bits per heavy atom. The largest absolute Gasteiger partial charge is 0.352 e. The Bertz CT molecular complexity index is 975. The van der Waals surface area contributed by atoms with Crippen LogP contribution in [0.4, 0.5) is 11.4 Å². The number of nitrogens with zero attached hydrogens (tertiary/aromatic N) is 1. The van der Waals surface area contributed by atoms with Crippen LogP contribution in [-0.4, -0.2) is 39.1 Å². The van der Waals surface area contributed by atoms with Gasteiger partial charge in [-0.25, -0.2) is 8.42 Å². The SMILES string of the molecule is CC[C@@H](C(=O)Nc1ccccc1C(=O)NCC(C)C)N(c1ccccc1)S(C)(=O)=O. The lowest BCUT2D eigenvalue weighted by Crippen LogP contribution is -2.47. The zero-order valence-electron chi connectivity index (χ0n) is 17.8. The molecule has 0 aromatic heterocycles. The molecule has 0 heterocycles. The van der Waals surface area contributed by atoms with Gasteiger partial charge in [0.05, 0.1) is 23.2 Å². The van der Waals surface area contributed by atoms with Gasteiger partial charge in [0.1, 0.15) is 6.04 Å². The highest BCUT2D eigenvalue weighted by atomic mass is 32.2. The van der Waals surface area contributed by atoms with E-state index in [2.05, 4.69) is 10.6 Å². The third kappa shape index (κ3) is 6.06. The standard InChI is InChI=1S/C22H29N3O4S/c1-5-20(25(30(4,28)29)17-11-7-6-8-12-17)22(27)24-19-14-10-9-13-18(19)21(26)23-15-16(2)3/h6-14,16,20H,5,15H2,1-4H3,(H,23,26)(H,24,27)/t20-/m0/s1. The van der Waals surface area contributed by atoms with E-state index in [4.69, 9.17) is 0 Å². The molecule has 2 amide bonds. The molecule has 0 saturated carbocycles. The van der Waals surface area contributed by atoms with E-state index in [0.29, 0.717) is 23.5 Å². The van der Waals surface area contributed by atoms with Crippen LogP contribution in [0.25, 0.3) is 0 Å². The molecule has 1 atom stereocenters. The quantitative estimate of drug-likeness (QED) is 0.637. The fraction of sp³-hybridized carbons (Fsp3) is 0.364. The van der Waals surface area contributed by atoms with Gasteiger partial charge in [-0.2, -0.15) is 0 Å². The zero-order valence-corrected chi connectivity index (χ0v) is 18.6. The molecule has 2 aromatic carbocycles. The lowest BCUT2D eigenvalue weighted by Gasteiger charge is -2.30. The molecule has 0 saturated heterocycles. The number of hydrogen-bond acceptors (Lipinski definition) is 4. The Balaban J connectivity index is 2.32. The highest BCUT2D eigenvalue weighted by Gasteiger charge is 2.32. The molecule has 0 radical (unpaired) electrons. The number of carbonyl (C=O) groups is 2. The molecule has 2 aromatic rings. The first kappa shape index (κ1) is 23.4. The minimum absolute atomic E-state index is 0.259. The Morgan fingerprint density at radius 3 is 2.17 bits per heavy atom. The number of para-hydroxylation sites is 2. The zero-order chi connectivity index (χ0) is 22.3. The Kier molecular flexibility index (Phi) is 8.00. The minimum atomic E-state index is -3.72. The molecule has 0 aliphatic carbocycles. The normalized spacial score (nSPS) is 12.3. The predicted molar refractivity (Wildman–Crippen MR) is 120 cm³/mol. The summed E-state index contributed by atoms with van der Waals surface area (Å²) in [5.74, 6) is -0.513. The van der Waals surface area contributed by atoms with Crippen molar-refractivity contribution < 1.29 is 18.0 Å². The molecule has 2 rings (SSSR count). The molecule has 0 aliphatic rings. The summed E-state index contributed by atoms with van der Waals surface area (Å²) in [4.78, 5) is 25.6. The van der Waals surface area contributed by atoms with Crippen molar-refractivity contribution >= 4 is 33.2 Å². The maximum Gasteiger partial charge on any atom is 0.253 e. The third-order valence-corrected chi connectivity index (χ3v) is 5.62.